The fourth-order valence-corrected chi connectivity index (χ4v) is 3.48. The topological polar surface area (TPSA) is 29.1 Å². The molecule has 2 rings (SSSR count). The summed E-state index contributed by atoms with van der Waals surface area (Å²) >= 11 is 4.03. The average Bonchev–Trinajstić information content (AvgIpc) is 2.30. The molecule has 1 heterocycles. The number of carbonyl (C=O) groups excluding carboxylic acids is 1. The molecule has 1 unspecified atom stereocenters. The van der Waals surface area contributed by atoms with E-state index in [1.54, 1.807) is 11.8 Å². The van der Waals surface area contributed by atoms with Crippen LogP contribution in [0, 0.1) is 3.57 Å². The van der Waals surface area contributed by atoms with E-state index in [4.69, 9.17) is 0 Å². The summed E-state index contributed by atoms with van der Waals surface area (Å²) < 4.78 is 1.15. The molecule has 4 heteroatoms. The fourth-order valence-electron chi connectivity index (χ4n) is 1.74. The van der Waals surface area contributed by atoms with Gasteiger partial charge in [0.25, 0.3) is 0 Å². The summed E-state index contributed by atoms with van der Waals surface area (Å²) in [7, 11) is 0. The standard InChI is InChI=1S/C12H14INOS/c13-9-4-3-5-10(8-9)14-12(15)11-6-1-2-7-16-11/h3-5,8,11H,1-2,6-7H2,(H,14,15). The summed E-state index contributed by atoms with van der Waals surface area (Å²) in [6.45, 7) is 0. The Morgan fingerprint density at radius 2 is 2.31 bits per heavy atom. The van der Waals surface area contributed by atoms with E-state index in [-0.39, 0.29) is 11.2 Å². The molecule has 2 nitrogen and oxygen atoms in total. The van der Waals surface area contributed by atoms with Crippen LogP contribution >= 0.6 is 34.4 Å². The maximum absolute atomic E-state index is 11.9. The molecule has 1 aromatic carbocycles. The third-order valence-corrected chi connectivity index (χ3v) is 4.61. The molecular formula is C12H14INOS. The molecule has 0 aromatic heterocycles. The summed E-state index contributed by atoms with van der Waals surface area (Å²) in [6, 6.07) is 7.91. The maximum Gasteiger partial charge on any atom is 0.237 e. The Morgan fingerprint density at radius 3 is 3.00 bits per heavy atom. The van der Waals surface area contributed by atoms with Crippen LogP contribution in [-0.2, 0) is 4.79 Å². The molecule has 1 fully saturated rings. The highest BCUT2D eigenvalue weighted by Crippen LogP contribution is 2.26. The van der Waals surface area contributed by atoms with E-state index in [1.165, 1.54) is 12.8 Å². The molecule has 0 spiro atoms. The molecule has 1 saturated heterocycles. The van der Waals surface area contributed by atoms with Gasteiger partial charge in [0, 0.05) is 9.26 Å². The van der Waals surface area contributed by atoms with E-state index in [0.29, 0.717) is 0 Å². The predicted octanol–water partition coefficient (Wildman–Crippen LogP) is 3.52. The van der Waals surface area contributed by atoms with E-state index >= 15 is 0 Å². The van der Waals surface area contributed by atoms with Crippen LogP contribution in [-0.4, -0.2) is 16.9 Å². The summed E-state index contributed by atoms with van der Waals surface area (Å²) in [4.78, 5) is 11.9. The number of thioether (sulfide) groups is 1. The first-order valence-corrected chi connectivity index (χ1v) is 7.56. The second-order valence-electron chi connectivity index (χ2n) is 3.85. The number of halogens is 1. The van der Waals surface area contributed by atoms with Crippen molar-refractivity contribution >= 4 is 45.9 Å². The van der Waals surface area contributed by atoms with Crippen molar-refractivity contribution in [3.63, 3.8) is 0 Å². The first-order chi connectivity index (χ1) is 7.75. The van der Waals surface area contributed by atoms with Crippen LogP contribution in [0.25, 0.3) is 0 Å². The highest BCUT2D eigenvalue weighted by Gasteiger charge is 2.21. The quantitative estimate of drug-likeness (QED) is 0.830. The molecule has 1 N–H and O–H groups in total. The minimum atomic E-state index is 0.145. The van der Waals surface area contributed by atoms with Gasteiger partial charge < -0.3 is 5.32 Å². The Labute approximate surface area is 114 Å². The fraction of sp³-hybridized carbons (Fsp3) is 0.417. The molecule has 0 bridgehead atoms. The summed E-state index contributed by atoms with van der Waals surface area (Å²) in [6.07, 6.45) is 3.44. The number of hydrogen-bond acceptors (Lipinski definition) is 2. The molecule has 0 radical (unpaired) electrons. The van der Waals surface area contributed by atoms with Gasteiger partial charge in [0.05, 0.1) is 5.25 Å². The third kappa shape index (κ3) is 3.38. The highest BCUT2D eigenvalue weighted by atomic mass is 127. The van der Waals surface area contributed by atoms with Gasteiger partial charge in [-0.05, 0) is 59.4 Å². The van der Waals surface area contributed by atoms with Crippen LogP contribution in [0.3, 0.4) is 0 Å². The van der Waals surface area contributed by atoms with Crippen molar-refractivity contribution in [3.8, 4) is 0 Å². The zero-order chi connectivity index (χ0) is 11.4. The lowest BCUT2D eigenvalue weighted by atomic mass is 10.2. The Morgan fingerprint density at radius 1 is 1.44 bits per heavy atom. The second-order valence-corrected chi connectivity index (χ2v) is 6.41. The van der Waals surface area contributed by atoms with Gasteiger partial charge in [0.2, 0.25) is 5.91 Å². The Bertz CT molecular complexity index is 377. The van der Waals surface area contributed by atoms with Gasteiger partial charge in [-0.15, -0.1) is 11.8 Å². The lowest BCUT2D eigenvalue weighted by Crippen LogP contribution is -2.27. The van der Waals surface area contributed by atoms with E-state index in [2.05, 4.69) is 27.9 Å². The van der Waals surface area contributed by atoms with Crippen LogP contribution in [0.4, 0.5) is 5.69 Å². The van der Waals surface area contributed by atoms with Gasteiger partial charge in [0.1, 0.15) is 0 Å². The van der Waals surface area contributed by atoms with Crippen molar-refractivity contribution in [2.24, 2.45) is 0 Å². The molecule has 0 aliphatic carbocycles. The largest absolute Gasteiger partial charge is 0.325 e. The molecule has 16 heavy (non-hydrogen) atoms. The summed E-state index contributed by atoms with van der Waals surface area (Å²) in [5, 5.41) is 3.13. The number of amides is 1. The van der Waals surface area contributed by atoms with Crippen LogP contribution in [0.1, 0.15) is 19.3 Å². The first kappa shape index (κ1) is 12.2. The van der Waals surface area contributed by atoms with E-state index in [9.17, 15) is 4.79 Å². The predicted molar refractivity (Wildman–Crippen MR) is 77.9 cm³/mol. The lowest BCUT2D eigenvalue weighted by Gasteiger charge is -2.20. The van der Waals surface area contributed by atoms with Gasteiger partial charge in [-0.25, -0.2) is 0 Å². The van der Waals surface area contributed by atoms with Crippen molar-refractivity contribution in [3.05, 3.63) is 27.8 Å². The normalized spacial score (nSPS) is 20.4. The van der Waals surface area contributed by atoms with Gasteiger partial charge in [0.15, 0.2) is 0 Å². The zero-order valence-electron chi connectivity index (χ0n) is 8.91. The average molecular weight is 347 g/mol. The van der Waals surface area contributed by atoms with Gasteiger partial charge in [-0.3, -0.25) is 4.79 Å². The molecule has 86 valence electrons. The molecule has 1 amide bonds. The minimum absolute atomic E-state index is 0.145. The van der Waals surface area contributed by atoms with Gasteiger partial charge in [-0.1, -0.05) is 12.5 Å². The third-order valence-electron chi connectivity index (χ3n) is 2.56. The molecule has 1 aromatic rings. The van der Waals surface area contributed by atoms with Gasteiger partial charge in [-0.2, -0.15) is 0 Å². The van der Waals surface area contributed by atoms with Crippen molar-refractivity contribution in [1.29, 1.82) is 0 Å². The number of carbonyl (C=O) groups is 1. The highest BCUT2D eigenvalue weighted by molar-refractivity contribution is 14.1. The first-order valence-electron chi connectivity index (χ1n) is 5.44. The number of benzene rings is 1. The van der Waals surface area contributed by atoms with Crippen molar-refractivity contribution < 1.29 is 4.79 Å². The molecule has 1 atom stereocenters. The smallest absolute Gasteiger partial charge is 0.237 e. The van der Waals surface area contributed by atoms with Crippen LogP contribution in [0.15, 0.2) is 24.3 Å². The van der Waals surface area contributed by atoms with Crippen LogP contribution in [0.5, 0.6) is 0 Å². The van der Waals surface area contributed by atoms with E-state index in [1.807, 2.05) is 24.3 Å². The lowest BCUT2D eigenvalue weighted by molar-refractivity contribution is -0.115. The SMILES string of the molecule is O=C(Nc1cccc(I)c1)C1CCCCS1. The summed E-state index contributed by atoms with van der Waals surface area (Å²) in [5.74, 6) is 1.27. The van der Waals surface area contributed by atoms with Crippen LogP contribution in [0.2, 0.25) is 0 Å². The second kappa shape index (κ2) is 5.91. The number of hydrogen-bond donors (Lipinski definition) is 1. The van der Waals surface area contributed by atoms with Gasteiger partial charge >= 0.3 is 0 Å². The number of nitrogens with one attached hydrogen (secondary N) is 1. The monoisotopic (exact) mass is 347 g/mol. The zero-order valence-corrected chi connectivity index (χ0v) is 11.9. The Kier molecular flexibility index (Phi) is 4.52. The number of rotatable bonds is 2. The van der Waals surface area contributed by atoms with Crippen molar-refractivity contribution in [2.45, 2.75) is 24.5 Å². The molecular weight excluding hydrogens is 333 g/mol. The molecule has 1 aliphatic rings. The number of anilines is 1. The Balaban J connectivity index is 1.96. The summed E-state index contributed by atoms with van der Waals surface area (Å²) in [5.41, 5.74) is 0.906. The van der Waals surface area contributed by atoms with Crippen molar-refractivity contribution in [1.82, 2.24) is 0 Å². The molecule has 1 aliphatic heterocycles. The van der Waals surface area contributed by atoms with E-state index < -0.39 is 0 Å². The minimum Gasteiger partial charge on any atom is -0.325 e. The van der Waals surface area contributed by atoms with Crippen molar-refractivity contribution in [2.75, 3.05) is 11.1 Å². The van der Waals surface area contributed by atoms with E-state index in [0.717, 1.165) is 21.4 Å². The Hall–Kier alpha value is -0.230. The maximum atomic E-state index is 11.9. The van der Waals surface area contributed by atoms with Crippen LogP contribution < -0.4 is 5.32 Å². The molecule has 0 saturated carbocycles.